The predicted octanol–water partition coefficient (Wildman–Crippen LogP) is 1.73. The lowest BCUT2D eigenvalue weighted by atomic mass is 10.2. The predicted molar refractivity (Wildman–Crippen MR) is 87.8 cm³/mol. The number of hydrogen-bond acceptors (Lipinski definition) is 7. The molecule has 8 nitrogen and oxygen atoms in total. The molecule has 24 heavy (non-hydrogen) atoms. The van der Waals surface area contributed by atoms with Crippen molar-refractivity contribution in [3.63, 3.8) is 0 Å². The quantitative estimate of drug-likeness (QED) is 0.806. The number of rotatable bonds is 6. The minimum absolute atomic E-state index is 0.115. The molecule has 0 aliphatic carbocycles. The highest BCUT2D eigenvalue weighted by molar-refractivity contribution is 5.92. The van der Waals surface area contributed by atoms with Gasteiger partial charge in [0.2, 0.25) is 11.7 Å². The van der Waals surface area contributed by atoms with Crippen LogP contribution in [0.1, 0.15) is 29.1 Å². The maximum absolute atomic E-state index is 12.3. The number of carbonyl (C=O) groups excluding carboxylic acids is 1. The number of likely N-dealkylation sites (tertiary alicyclic amines) is 1. The molecule has 0 saturated carbocycles. The van der Waals surface area contributed by atoms with Gasteiger partial charge in [-0.05, 0) is 25.8 Å². The minimum atomic E-state index is -0.115. The number of carbonyl (C=O) groups is 1. The lowest BCUT2D eigenvalue weighted by Crippen LogP contribution is -2.27. The van der Waals surface area contributed by atoms with E-state index in [1.165, 1.54) is 0 Å². The van der Waals surface area contributed by atoms with Crippen LogP contribution in [-0.4, -0.2) is 59.3 Å². The lowest BCUT2D eigenvalue weighted by molar-refractivity contribution is 0.0751. The minimum Gasteiger partial charge on any atom is -0.383 e. The Labute approximate surface area is 140 Å². The van der Waals surface area contributed by atoms with Gasteiger partial charge in [-0.1, -0.05) is 5.16 Å². The highest BCUT2D eigenvalue weighted by Gasteiger charge is 2.23. The van der Waals surface area contributed by atoms with Gasteiger partial charge in [0.1, 0.15) is 5.69 Å². The molecule has 1 fully saturated rings. The van der Waals surface area contributed by atoms with E-state index >= 15 is 0 Å². The van der Waals surface area contributed by atoms with Gasteiger partial charge in [0.15, 0.2) is 0 Å². The van der Waals surface area contributed by atoms with Gasteiger partial charge in [-0.2, -0.15) is 0 Å². The number of hydrogen-bond donors (Lipinski definition) is 1. The molecule has 1 amide bonds. The molecule has 0 spiro atoms. The number of anilines is 1. The van der Waals surface area contributed by atoms with Crippen LogP contribution in [0.2, 0.25) is 0 Å². The van der Waals surface area contributed by atoms with Gasteiger partial charge in [0.05, 0.1) is 12.3 Å². The van der Waals surface area contributed by atoms with Crippen molar-refractivity contribution in [3.05, 3.63) is 23.6 Å². The molecule has 1 aliphatic rings. The molecule has 0 aromatic carbocycles. The van der Waals surface area contributed by atoms with Crippen molar-refractivity contribution in [2.75, 3.05) is 38.7 Å². The standard InChI is InChI=1S/C16H21N5O3/c1-11-9-12(19-16(18-11)17-5-8-23-2)13-10-14(24-20-13)15(22)21-6-3-4-7-21/h9-10H,3-8H2,1-2H3,(H,17,18,19). The second-order valence-corrected chi connectivity index (χ2v) is 5.71. The molecule has 3 heterocycles. The lowest BCUT2D eigenvalue weighted by Gasteiger charge is -2.11. The molecule has 8 heteroatoms. The van der Waals surface area contributed by atoms with E-state index in [-0.39, 0.29) is 11.7 Å². The first-order chi connectivity index (χ1) is 11.7. The number of amides is 1. The van der Waals surface area contributed by atoms with Crippen LogP contribution in [0, 0.1) is 6.92 Å². The third-order valence-corrected chi connectivity index (χ3v) is 3.82. The Morgan fingerprint density at radius 3 is 2.83 bits per heavy atom. The van der Waals surface area contributed by atoms with Gasteiger partial charge < -0.3 is 19.5 Å². The van der Waals surface area contributed by atoms with Crippen molar-refractivity contribution in [1.82, 2.24) is 20.0 Å². The van der Waals surface area contributed by atoms with Crippen molar-refractivity contribution in [2.24, 2.45) is 0 Å². The number of nitrogens with zero attached hydrogens (tertiary/aromatic N) is 4. The summed E-state index contributed by atoms with van der Waals surface area (Å²) in [6.07, 6.45) is 2.07. The Bertz CT molecular complexity index is 709. The molecular weight excluding hydrogens is 310 g/mol. The normalized spacial score (nSPS) is 14.2. The van der Waals surface area contributed by atoms with E-state index in [9.17, 15) is 4.79 Å². The van der Waals surface area contributed by atoms with Crippen molar-refractivity contribution in [3.8, 4) is 11.4 Å². The first-order valence-electron chi connectivity index (χ1n) is 8.02. The van der Waals surface area contributed by atoms with Crippen LogP contribution in [0.25, 0.3) is 11.4 Å². The summed E-state index contributed by atoms with van der Waals surface area (Å²) in [6, 6.07) is 3.45. The molecule has 2 aromatic rings. The van der Waals surface area contributed by atoms with Crippen LogP contribution >= 0.6 is 0 Å². The summed E-state index contributed by atoms with van der Waals surface area (Å²) < 4.78 is 10.2. The fourth-order valence-electron chi connectivity index (χ4n) is 2.62. The fraction of sp³-hybridized carbons (Fsp3) is 0.500. The molecule has 128 valence electrons. The Balaban J connectivity index is 1.77. The number of methoxy groups -OCH3 is 1. The van der Waals surface area contributed by atoms with Crippen LogP contribution in [0.15, 0.2) is 16.7 Å². The molecule has 3 rings (SSSR count). The van der Waals surface area contributed by atoms with E-state index in [0.717, 1.165) is 31.6 Å². The van der Waals surface area contributed by atoms with Gasteiger partial charge in [0.25, 0.3) is 5.91 Å². The van der Waals surface area contributed by atoms with Gasteiger partial charge in [-0.15, -0.1) is 0 Å². The second-order valence-electron chi connectivity index (χ2n) is 5.71. The number of aromatic nitrogens is 3. The summed E-state index contributed by atoms with van der Waals surface area (Å²) in [6.45, 7) is 4.59. The molecule has 1 N–H and O–H groups in total. The van der Waals surface area contributed by atoms with Crippen molar-refractivity contribution in [2.45, 2.75) is 19.8 Å². The summed E-state index contributed by atoms with van der Waals surface area (Å²) in [7, 11) is 1.64. The molecule has 0 radical (unpaired) electrons. The smallest absolute Gasteiger partial charge is 0.292 e. The fourth-order valence-corrected chi connectivity index (χ4v) is 2.62. The van der Waals surface area contributed by atoms with Gasteiger partial charge in [0, 0.05) is 38.5 Å². The van der Waals surface area contributed by atoms with E-state index in [4.69, 9.17) is 9.26 Å². The molecule has 1 aliphatic heterocycles. The zero-order chi connectivity index (χ0) is 16.9. The van der Waals surface area contributed by atoms with Crippen LogP contribution < -0.4 is 5.32 Å². The Morgan fingerprint density at radius 1 is 1.29 bits per heavy atom. The van der Waals surface area contributed by atoms with E-state index in [1.807, 2.05) is 13.0 Å². The zero-order valence-electron chi connectivity index (χ0n) is 13.9. The van der Waals surface area contributed by atoms with Gasteiger partial charge in [-0.3, -0.25) is 4.79 Å². The highest BCUT2D eigenvalue weighted by Crippen LogP contribution is 2.21. The highest BCUT2D eigenvalue weighted by atomic mass is 16.5. The van der Waals surface area contributed by atoms with Crippen LogP contribution in [0.3, 0.4) is 0 Å². The summed E-state index contributed by atoms with van der Waals surface area (Å²) >= 11 is 0. The van der Waals surface area contributed by atoms with Crippen LogP contribution in [0.4, 0.5) is 5.95 Å². The molecule has 1 saturated heterocycles. The average Bonchev–Trinajstić information content (AvgIpc) is 3.26. The first kappa shape index (κ1) is 16.4. The molecule has 0 unspecified atom stereocenters. The molecule has 2 aromatic heterocycles. The van der Waals surface area contributed by atoms with E-state index < -0.39 is 0 Å². The van der Waals surface area contributed by atoms with Crippen LogP contribution in [0.5, 0.6) is 0 Å². The SMILES string of the molecule is COCCNc1nc(C)cc(-c2cc(C(=O)N3CCCC3)on2)n1. The second kappa shape index (κ2) is 7.39. The third-order valence-electron chi connectivity index (χ3n) is 3.82. The maximum Gasteiger partial charge on any atom is 0.292 e. The van der Waals surface area contributed by atoms with Crippen molar-refractivity contribution >= 4 is 11.9 Å². The Kier molecular flexibility index (Phi) is 5.05. The largest absolute Gasteiger partial charge is 0.383 e. The van der Waals surface area contributed by atoms with E-state index in [0.29, 0.717) is 30.5 Å². The Morgan fingerprint density at radius 2 is 2.08 bits per heavy atom. The molecule has 0 atom stereocenters. The summed E-state index contributed by atoms with van der Waals surface area (Å²) in [4.78, 5) is 22.9. The maximum atomic E-state index is 12.3. The summed E-state index contributed by atoms with van der Waals surface area (Å²) in [5.41, 5.74) is 1.94. The van der Waals surface area contributed by atoms with Crippen LogP contribution in [-0.2, 0) is 4.74 Å². The van der Waals surface area contributed by atoms with E-state index in [1.54, 1.807) is 18.1 Å². The monoisotopic (exact) mass is 331 g/mol. The number of nitrogens with one attached hydrogen (secondary N) is 1. The van der Waals surface area contributed by atoms with Crippen molar-refractivity contribution < 1.29 is 14.1 Å². The molecule has 0 bridgehead atoms. The van der Waals surface area contributed by atoms with E-state index in [2.05, 4.69) is 20.4 Å². The molecular formula is C16H21N5O3. The van der Waals surface area contributed by atoms with Crippen molar-refractivity contribution in [1.29, 1.82) is 0 Å². The van der Waals surface area contributed by atoms with Gasteiger partial charge in [-0.25, -0.2) is 9.97 Å². The number of aryl methyl sites for hydroxylation is 1. The average molecular weight is 331 g/mol. The first-order valence-corrected chi connectivity index (χ1v) is 8.02. The van der Waals surface area contributed by atoms with Gasteiger partial charge >= 0.3 is 0 Å². The third kappa shape index (κ3) is 3.70. The topological polar surface area (TPSA) is 93.4 Å². The number of ether oxygens (including phenoxy) is 1. The summed E-state index contributed by atoms with van der Waals surface area (Å²) in [5, 5.41) is 7.08. The zero-order valence-corrected chi connectivity index (χ0v) is 13.9. The Hall–Kier alpha value is -2.48. The summed E-state index contributed by atoms with van der Waals surface area (Å²) in [5.74, 6) is 0.630.